The lowest BCUT2D eigenvalue weighted by Crippen LogP contribution is -1.94. The van der Waals surface area contributed by atoms with E-state index in [1.165, 1.54) is 13.2 Å². The first-order valence-corrected chi connectivity index (χ1v) is 5.01. The predicted octanol–water partition coefficient (Wildman–Crippen LogP) is 2.84. The zero-order chi connectivity index (χ0) is 11.9. The van der Waals surface area contributed by atoms with Crippen LogP contribution < -0.4 is 4.74 Å². The highest BCUT2D eigenvalue weighted by molar-refractivity contribution is 6.34. The Morgan fingerprint density at radius 2 is 2.19 bits per heavy atom. The molecule has 0 atom stereocenters. The summed E-state index contributed by atoms with van der Waals surface area (Å²) in [6.45, 7) is 1.84. The second-order valence-corrected chi connectivity index (χ2v) is 3.87. The summed E-state index contributed by atoms with van der Waals surface area (Å²) in [5.41, 5.74) is 1.66. The third-order valence-electron chi connectivity index (χ3n) is 2.43. The van der Waals surface area contributed by atoms with E-state index in [9.17, 15) is 4.79 Å². The van der Waals surface area contributed by atoms with E-state index in [0.29, 0.717) is 21.7 Å². The van der Waals surface area contributed by atoms with Crippen molar-refractivity contribution in [3.63, 3.8) is 0 Å². The molecule has 1 heterocycles. The number of methoxy groups -OCH3 is 1. The number of aromatic nitrogens is 1. The fourth-order valence-electron chi connectivity index (χ4n) is 1.66. The zero-order valence-electron chi connectivity index (χ0n) is 8.80. The highest BCUT2D eigenvalue weighted by Crippen LogP contribution is 2.36. The number of ether oxygens (including phenoxy) is 1. The Balaban J connectivity index is 2.81. The fraction of sp³-hybridized carbons (Fsp3) is 0.182. The highest BCUT2D eigenvalue weighted by atomic mass is 35.5. The van der Waals surface area contributed by atoms with E-state index >= 15 is 0 Å². The van der Waals surface area contributed by atoms with Crippen molar-refractivity contribution in [1.29, 1.82) is 0 Å². The molecule has 2 rings (SSSR count). The molecule has 0 fully saturated rings. The van der Waals surface area contributed by atoms with Gasteiger partial charge in [-0.3, -0.25) is 0 Å². The normalized spacial score (nSPS) is 10.7. The van der Waals surface area contributed by atoms with E-state index in [1.807, 2.05) is 6.92 Å². The monoisotopic (exact) mass is 239 g/mol. The van der Waals surface area contributed by atoms with Crippen LogP contribution >= 0.6 is 11.6 Å². The summed E-state index contributed by atoms with van der Waals surface area (Å²) in [6, 6.07) is 3.31. The Bertz CT molecular complexity index is 574. The summed E-state index contributed by atoms with van der Waals surface area (Å²) < 4.78 is 5.19. The topological polar surface area (TPSA) is 62.3 Å². The van der Waals surface area contributed by atoms with E-state index < -0.39 is 5.97 Å². The van der Waals surface area contributed by atoms with E-state index in [-0.39, 0.29) is 5.69 Å². The molecule has 0 aliphatic heterocycles. The number of carbonyl (C=O) groups is 1. The molecule has 0 saturated heterocycles. The molecular formula is C11H10ClNO3. The Morgan fingerprint density at radius 3 is 2.75 bits per heavy atom. The summed E-state index contributed by atoms with van der Waals surface area (Å²) >= 11 is 6.07. The van der Waals surface area contributed by atoms with Gasteiger partial charge in [0.15, 0.2) is 0 Å². The molecule has 1 aromatic carbocycles. The molecule has 16 heavy (non-hydrogen) atoms. The van der Waals surface area contributed by atoms with Gasteiger partial charge >= 0.3 is 5.97 Å². The molecule has 2 aromatic rings. The Labute approximate surface area is 96.8 Å². The summed E-state index contributed by atoms with van der Waals surface area (Å²) in [5, 5.41) is 10.1. The lowest BCUT2D eigenvalue weighted by atomic mass is 10.1. The average Bonchev–Trinajstić information content (AvgIpc) is 2.63. The maximum Gasteiger partial charge on any atom is 0.352 e. The smallest absolute Gasteiger partial charge is 0.352 e. The van der Waals surface area contributed by atoms with E-state index in [4.69, 9.17) is 21.4 Å². The first-order chi connectivity index (χ1) is 7.54. The molecule has 0 aliphatic rings. The van der Waals surface area contributed by atoms with Crippen molar-refractivity contribution in [2.45, 2.75) is 6.92 Å². The first-order valence-electron chi connectivity index (χ1n) is 4.63. The summed E-state index contributed by atoms with van der Waals surface area (Å²) in [6.07, 6.45) is 0. The predicted molar refractivity (Wildman–Crippen MR) is 61.6 cm³/mol. The molecule has 0 unspecified atom stereocenters. The Hall–Kier alpha value is -1.68. The number of H-pyrrole nitrogens is 1. The third kappa shape index (κ3) is 1.51. The first kappa shape index (κ1) is 10.8. The molecule has 5 heteroatoms. The standard InChI is InChI=1S/C11H10ClNO3/c1-5-3-7-6(10(16-2)9(5)12)4-8(13-7)11(14)15/h3-4,13H,1-2H3,(H,14,15). The molecule has 4 nitrogen and oxygen atoms in total. The van der Waals surface area contributed by atoms with Crippen molar-refractivity contribution in [2.75, 3.05) is 7.11 Å². The number of carboxylic acids is 1. The lowest BCUT2D eigenvalue weighted by molar-refractivity contribution is 0.0691. The minimum atomic E-state index is -1.01. The van der Waals surface area contributed by atoms with Crippen molar-refractivity contribution >= 4 is 28.5 Å². The van der Waals surface area contributed by atoms with Crippen molar-refractivity contribution in [1.82, 2.24) is 4.98 Å². The largest absolute Gasteiger partial charge is 0.494 e. The molecular weight excluding hydrogens is 230 g/mol. The molecule has 0 radical (unpaired) electrons. The van der Waals surface area contributed by atoms with E-state index in [2.05, 4.69) is 4.98 Å². The van der Waals surface area contributed by atoms with Crippen LogP contribution in [0.2, 0.25) is 5.02 Å². The number of aromatic carboxylic acids is 1. The van der Waals surface area contributed by atoms with Crippen LogP contribution in [0.15, 0.2) is 12.1 Å². The average molecular weight is 240 g/mol. The maximum atomic E-state index is 10.8. The van der Waals surface area contributed by atoms with Crippen molar-refractivity contribution < 1.29 is 14.6 Å². The third-order valence-corrected chi connectivity index (χ3v) is 2.90. The van der Waals surface area contributed by atoms with Gasteiger partial charge in [0.1, 0.15) is 11.4 Å². The Kier molecular flexibility index (Phi) is 2.52. The number of fused-ring (bicyclic) bond motifs is 1. The summed E-state index contributed by atoms with van der Waals surface area (Å²) in [7, 11) is 1.51. The van der Waals surface area contributed by atoms with E-state index in [0.717, 1.165) is 5.56 Å². The molecule has 0 bridgehead atoms. The van der Waals surface area contributed by atoms with E-state index in [1.54, 1.807) is 6.07 Å². The van der Waals surface area contributed by atoms with Crippen molar-refractivity contribution in [3.8, 4) is 5.75 Å². The van der Waals surface area contributed by atoms with Crippen LogP contribution in [0.25, 0.3) is 10.9 Å². The second kappa shape index (κ2) is 3.72. The number of carboxylic acid groups (broad SMARTS) is 1. The molecule has 84 valence electrons. The van der Waals surface area contributed by atoms with Crippen LogP contribution in [0.4, 0.5) is 0 Å². The van der Waals surface area contributed by atoms with Gasteiger partial charge in [0.2, 0.25) is 0 Å². The van der Waals surface area contributed by atoms with Crippen molar-refractivity contribution in [2.24, 2.45) is 0 Å². The van der Waals surface area contributed by atoms with Gasteiger partial charge in [0.05, 0.1) is 17.6 Å². The number of nitrogens with one attached hydrogen (secondary N) is 1. The minimum Gasteiger partial charge on any atom is -0.494 e. The van der Waals surface area contributed by atoms with Gasteiger partial charge in [-0.1, -0.05) is 11.6 Å². The van der Waals surface area contributed by atoms with Crippen molar-refractivity contribution in [3.05, 3.63) is 28.4 Å². The Morgan fingerprint density at radius 1 is 1.50 bits per heavy atom. The number of aromatic amines is 1. The van der Waals surface area contributed by atoms with Crippen LogP contribution in [-0.4, -0.2) is 23.2 Å². The summed E-state index contributed by atoms with van der Waals surface area (Å²) in [5.74, 6) is -0.507. The van der Waals surface area contributed by atoms with Gasteiger partial charge < -0.3 is 14.8 Å². The second-order valence-electron chi connectivity index (χ2n) is 3.49. The highest BCUT2D eigenvalue weighted by Gasteiger charge is 2.15. The SMILES string of the molecule is COc1c(Cl)c(C)cc2[nH]c(C(=O)O)cc12. The van der Waals surface area contributed by atoms with Crippen LogP contribution in [0.3, 0.4) is 0 Å². The lowest BCUT2D eigenvalue weighted by Gasteiger charge is -2.06. The molecule has 2 N–H and O–H groups in total. The van der Waals surface area contributed by atoms with Crippen LogP contribution in [-0.2, 0) is 0 Å². The van der Waals surface area contributed by atoms with Gasteiger partial charge in [-0.15, -0.1) is 0 Å². The molecule has 0 amide bonds. The van der Waals surface area contributed by atoms with Gasteiger partial charge in [-0.25, -0.2) is 4.79 Å². The van der Waals surface area contributed by atoms with Gasteiger partial charge in [-0.2, -0.15) is 0 Å². The molecule has 1 aromatic heterocycles. The number of rotatable bonds is 2. The number of hydrogen-bond acceptors (Lipinski definition) is 2. The molecule has 0 spiro atoms. The minimum absolute atomic E-state index is 0.120. The fourth-order valence-corrected chi connectivity index (χ4v) is 1.90. The number of hydrogen-bond donors (Lipinski definition) is 2. The van der Waals surface area contributed by atoms with Gasteiger partial charge in [0.25, 0.3) is 0 Å². The zero-order valence-corrected chi connectivity index (χ0v) is 9.55. The summed E-state index contributed by atoms with van der Waals surface area (Å²) in [4.78, 5) is 13.6. The van der Waals surface area contributed by atoms with Crippen LogP contribution in [0.1, 0.15) is 16.1 Å². The van der Waals surface area contributed by atoms with Crippen LogP contribution in [0, 0.1) is 6.92 Å². The van der Waals surface area contributed by atoms with Gasteiger partial charge in [0, 0.05) is 5.39 Å². The number of halogens is 1. The van der Waals surface area contributed by atoms with Crippen LogP contribution in [0.5, 0.6) is 5.75 Å². The quantitative estimate of drug-likeness (QED) is 0.847. The molecule has 0 saturated carbocycles. The number of aryl methyl sites for hydroxylation is 1. The van der Waals surface area contributed by atoms with Gasteiger partial charge in [-0.05, 0) is 24.6 Å². The number of benzene rings is 1. The maximum absolute atomic E-state index is 10.8. The molecule has 0 aliphatic carbocycles.